The van der Waals surface area contributed by atoms with Crippen LogP contribution >= 0.6 is 7.82 Å². The van der Waals surface area contributed by atoms with Crippen LogP contribution in [-0.4, -0.2) is 98.3 Å². The molecule has 52 heavy (non-hydrogen) atoms. The molecular weight excluding hydrogens is 695 g/mol. The van der Waals surface area contributed by atoms with Gasteiger partial charge in [0.15, 0.2) is 6.10 Å². The van der Waals surface area contributed by atoms with Crippen LogP contribution in [0.1, 0.15) is 110 Å². The maximum absolute atomic E-state index is 12.7. The highest BCUT2D eigenvalue weighted by Crippen LogP contribution is 2.47. The summed E-state index contributed by atoms with van der Waals surface area (Å²) < 4.78 is 33.0. The number of carbonyl (C=O) groups is 2. The Morgan fingerprint density at radius 2 is 1.10 bits per heavy atom. The fourth-order valence-corrected chi connectivity index (χ4v) is 6.05. The number of hydrogen-bond donors (Lipinski definition) is 6. The van der Waals surface area contributed by atoms with Crippen LogP contribution in [0.2, 0.25) is 0 Å². The SMILES string of the molecule is CC/C=C\C/C=C\C/C=C\C/C=C\C/C=C\CCCCCC(=O)OC(COC(=O)CCCCCC)COP(=O)(O)OC1C(O)C(O)C(O)C(O)C1O. The van der Waals surface area contributed by atoms with Gasteiger partial charge in [0.05, 0.1) is 6.61 Å². The second-order valence-electron chi connectivity index (χ2n) is 12.7. The Labute approximate surface area is 309 Å². The van der Waals surface area contributed by atoms with Crippen molar-refractivity contribution >= 4 is 19.8 Å². The van der Waals surface area contributed by atoms with E-state index in [1.54, 1.807) is 0 Å². The molecule has 1 aliphatic rings. The van der Waals surface area contributed by atoms with Crippen molar-refractivity contribution < 1.29 is 63.1 Å². The van der Waals surface area contributed by atoms with Gasteiger partial charge in [-0.25, -0.2) is 4.57 Å². The topological polar surface area (TPSA) is 210 Å². The molecular formula is C38H63O13P. The number of hydrogen-bond acceptors (Lipinski definition) is 12. The molecule has 6 atom stereocenters. The first-order chi connectivity index (χ1) is 24.9. The van der Waals surface area contributed by atoms with Crippen LogP contribution in [-0.2, 0) is 32.7 Å². The summed E-state index contributed by atoms with van der Waals surface area (Å²) in [6, 6.07) is 0. The predicted molar refractivity (Wildman–Crippen MR) is 198 cm³/mol. The van der Waals surface area contributed by atoms with Crippen molar-refractivity contribution in [2.75, 3.05) is 13.2 Å². The van der Waals surface area contributed by atoms with E-state index in [2.05, 4.69) is 67.7 Å². The molecule has 0 heterocycles. The Bertz CT molecular complexity index is 1150. The second kappa shape index (κ2) is 29.0. The highest BCUT2D eigenvalue weighted by molar-refractivity contribution is 7.47. The van der Waals surface area contributed by atoms with Gasteiger partial charge in [-0.2, -0.15) is 0 Å². The van der Waals surface area contributed by atoms with Crippen LogP contribution < -0.4 is 0 Å². The van der Waals surface area contributed by atoms with Crippen molar-refractivity contribution in [3.8, 4) is 0 Å². The average molecular weight is 759 g/mol. The van der Waals surface area contributed by atoms with E-state index >= 15 is 0 Å². The number of ether oxygens (including phenoxy) is 2. The van der Waals surface area contributed by atoms with Crippen molar-refractivity contribution in [1.82, 2.24) is 0 Å². The summed E-state index contributed by atoms with van der Waals surface area (Å²) in [5.41, 5.74) is 0. The van der Waals surface area contributed by atoms with E-state index in [1.165, 1.54) is 0 Å². The molecule has 0 saturated heterocycles. The van der Waals surface area contributed by atoms with E-state index in [0.717, 1.165) is 70.6 Å². The summed E-state index contributed by atoms with van der Waals surface area (Å²) in [5, 5.41) is 49.7. The first-order valence-electron chi connectivity index (χ1n) is 18.6. The summed E-state index contributed by atoms with van der Waals surface area (Å²) in [5.74, 6) is -1.17. The van der Waals surface area contributed by atoms with Gasteiger partial charge in [-0.15, -0.1) is 0 Å². The summed E-state index contributed by atoms with van der Waals surface area (Å²) in [6.45, 7) is 2.95. The van der Waals surface area contributed by atoms with E-state index in [-0.39, 0.29) is 12.8 Å². The number of phosphoric ester groups is 1. The zero-order chi connectivity index (χ0) is 38.6. The second-order valence-corrected chi connectivity index (χ2v) is 14.1. The van der Waals surface area contributed by atoms with E-state index in [4.69, 9.17) is 18.5 Å². The summed E-state index contributed by atoms with van der Waals surface area (Å²) in [6.07, 6.45) is 19.5. The lowest BCUT2D eigenvalue weighted by Crippen LogP contribution is -2.64. The van der Waals surface area contributed by atoms with Crippen LogP contribution in [0, 0.1) is 0 Å². The first-order valence-corrected chi connectivity index (χ1v) is 20.1. The minimum Gasteiger partial charge on any atom is -0.462 e. The molecule has 0 aliphatic heterocycles. The third kappa shape index (κ3) is 21.9. The Morgan fingerprint density at radius 1 is 0.615 bits per heavy atom. The van der Waals surface area contributed by atoms with Gasteiger partial charge in [-0.1, -0.05) is 100 Å². The molecule has 6 N–H and O–H groups in total. The van der Waals surface area contributed by atoms with Gasteiger partial charge in [0.2, 0.25) is 0 Å². The van der Waals surface area contributed by atoms with Crippen molar-refractivity contribution in [3.05, 3.63) is 60.8 Å². The lowest BCUT2D eigenvalue weighted by molar-refractivity contribution is -0.220. The maximum atomic E-state index is 12.7. The minimum absolute atomic E-state index is 0.0545. The molecule has 0 aromatic rings. The molecule has 0 radical (unpaired) electrons. The lowest BCUT2D eigenvalue weighted by Gasteiger charge is -2.41. The van der Waals surface area contributed by atoms with Gasteiger partial charge >= 0.3 is 19.8 Å². The molecule has 14 heteroatoms. The Hall–Kier alpha value is -2.45. The van der Waals surface area contributed by atoms with Crippen LogP contribution in [0.15, 0.2) is 60.8 Å². The summed E-state index contributed by atoms with van der Waals surface area (Å²) >= 11 is 0. The van der Waals surface area contributed by atoms with Gasteiger partial charge < -0.3 is 39.9 Å². The smallest absolute Gasteiger partial charge is 0.462 e. The summed E-state index contributed by atoms with van der Waals surface area (Å²) in [7, 11) is -5.11. The number of rotatable bonds is 28. The monoisotopic (exact) mass is 758 g/mol. The van der Waals surface area contributed by atoms with Crippen LogP contribution in [0.4, 0.5) is 0 Å². The van der Waals surface area contributed by atoms with E-state index in [9.17, 15) is 44.6 Å². The number of unbranched alkanes of at least 4 members (excludes halogenated alkanes) is 6. The molecule has 0 aromatic carbocycles. The zero-order valence-corrected chi connectivity index (χ0v) is 31.7. The molecule has 0 aromatic heterocycles. The Morgan fingerprint density at radius 3 is 1.63 bits per heavy atom. The fraction of sp³-hybridized carbons (Fsp3) is 0.684. The third-order valence-electron chi connectivity index (χ3n) is 8.12. The van der Waals surface area contributed by atoms with Crippen molar-refractivity contribution in [2.24, 2.45) is 0 Å². The van der Waals surface area contributed by atoms with Gasteiger partial charge in [0.1, 0.15) is 43.2 Å². The molecule has 13 nitrogen and oxygen atoms in total. The molecule has 0 bridgehead atoms. The normalized spacial score (nSPS) is 24.4. The van der Waals surface area contributed by atoms with E-state index < -0.39 is 75.7 Å². The molecule has 0 amide bonds. The van der Waals surface area contributed by atoms with Crippen LogP contribution in [0.5, 0.6) is 0 Å². The molecule has 1 rings (SSSR count). The van der Waals surface area contributed by atoms with Gasteiger partial charge in [0, 0.05) is 12.8 Å². The maximum Gasteiger partial charge on any atom is 0.472 e. The third-order valence-corrected chi connectivity index (χ3v) is 9.11. The van der Waals surface area contributed by atoms with Crippen molar-refractivity contribution in [3.63, 3.8) is 0 Å². The predicted octanol–water partition coefficient (Wildman–Crippen LogP) is 5.43. The van der Waals surface area contributed by atoms with Gasteiger partial charge in [-0.3, -0.25) is 18.6 Å². The van der Waals surface area contributed by atoms with Gasteiger partial charge in [0.25, 0.3) is 0 Å². The number of phosphoric acid groups is 1. The number of carbonyl (C=O) groups excluding carboxylic acids is 2. The Kier molecular flexibility index (Phi) is 26.5. The van der Waals surface area contributed by atoms with E-state index in [0.29, 0.717) is 12.8 Å². The molecule has 1 aliphatic carbocycles. The highest BCUT2D eigenvalue weighted by Gasteiger charge is 2.51. The number of aliphatic hydroxyl groups excluding tert-OH is 5. The number of allylic oxidation sites excluding steroid dienone is 10. The van der Waals surface area contributed by atoms with Crippen molar-refractivity contribution in [2.45, 2.75) is 153 Å². The fourth-order valence-electron chi connectivity index (χ4n) is 5.08. The van der Waals surface area contributed by atoms with Crippen LogP contribution in [0.25, 0.3) is 0 Å². The van der Waals surface area contributed by atoms with Gasteiger partial charge in [-0.05, 0) is 57.8 Å². The molecule has 0 spiro atoms. The molecule has 1 saturated carbocycles. The quantitative estimate of drug-likeness (QED) is 0.0255. The zero-order valence-electron chi connectivity index (χ0n) is 30.8. The molecule has 6 unspecified atom stereocenters. The van der Waals surface area contributed by atoms with Crippen molar-refractivity contribution in [1.29, 1.82) is 0 Å². The summed E-state index contributed by atoms with van der Waals surface area (Å²) in [4.78, 5) is 35.1. The Balaban J connectivity index is 2.48. The lowest BCUT2D eigenvalue weighted by atomic mass is 9.85. The minimum atomic E-state index is -5.11. The highest BCUT2D eigenvalue weighted by atomic mass is 31.2. The largest absolute Gasteiger partial charge is 0.472 e. The van der Waals surface area contributed by atoms with Crippen LogP contribution in [0.3, 0.4) is 0 Å². The average Bonchev–Trinajstić information content (AvgIpc) is 3.12. The first kappa shape index (κ1) is 47.6. The number of esters is 2. The van der Waals surface area contributed by atoms with E-state index in [1.807, 2.05) is 6.92 Å². The number of aliphatic hydroxyl groups is 5. The standard InChI is InChI=1S/C38H63O13P/c1-3-5-7-9-10-11-12-13-14-15-16-17-18-19-20-21-22-23-25-27-32(40)50-30(28-48-31(39)26-24-8-6-4-2)29-49-52(46,47)51-38-36(44)34(42)33(41)35(43)37(38)45/h5,7,10-11,13-14,16-17,19-20,30,33-38,41-45H,3-4,6,8-9,12,15,18,21-29H2,1-2H3,(H,46,47)/b7-5-,11-10-,14-13-,17-16-,20-19-. The molecule has 298 valence electrons. The molecule has 1 fully saturated rings.